The molecule has 1 N–H and O–H groups in total. The summed E-state index contributed by atoms with van der Waals surface area (Å²) in [7, 11) is 0. The molecule has 0 saturated heterocycles. The van der Waals surface area contributed by atoms with Crippen LogP contribution in [0.4, 0.5) is 0 Å². The van der Waals surface area contributed by atoms with Crippen LogP contribution in [0.1, 0.15) is 41.4 Å². The summed E-state index contributed by atoms with van der Waals surface area (Å²) in [5.74, 6) is -0.274. The Morgan fingerprint density at radius 3 is 2.73 bits per heavy atom. The van der Waals surface area contributed by atoms with Gasteiger partial charge < -0.3 is 10.1 Å². The second-order valence-corrected chi connectivity index (χ2v) is 5.99. The maximum Gasteiger partial charge on any atom is 0.338 e. The van der Waals surface area contributed by atoms with Gasteiger partial charge in [-0.05, 0) is 49.2 Å². The van der Waals surface area contributed by atoms with E-state index < -0.39 is 0 Å². The molecule has 0 spiro atoms. The van der Waals surface area contributed by atoms with E-state index in [0.29, 0.717) is 18.7 Å². The summed E-state index contributed by atoms with van der Waals surface area (Å²) >= 11 is 3.49. The first-order valence-corrected chi connectivity index (χ1v) is 8.14. The third-order valence-corrected chi connectivity index (χ3v) is 3.89. The van der Waals surface area contributed by atoms with Crippen molar-refractivity contribution in [2.24, 2.45) is 0 Å². The van der Waals surface area contributed by atoms with Crippen molar-refractivity contribution in [1.29, 1.82) is 0 Å². The van der Waals surface area contributed by atoms with E-state index in [1.807, 2.05) is 37.3 Å². The Labute approximate surface area is 139 Å². The molecule has 0 radical (unpaired) electrons. The van der Waals surface area contributed by atoms with Gasteiger partial charge in [0.25, 0.3) is 0 Å². The number of halogens is 1. The maximum absolute atomic E-state index is 11.7. The standard InChI is InChI=1S/C18H20BrNO2/c1-3-22-18(21)16-8-4-6-14(10-16)12-20-13(2)15-7-5-9-17(19)11-15/h4-11,13,20H,3,12H2,1-2H3. The lowest BCUT2D eigenvalue weighted by Crippen LogP contribution is -2.18. The van der Waals surface area contributed by atoms with Gasteiger partial charge in [0.05, 0.1) is 12.2 Å². The fraction of sp³-hybridized carbons (Fsp3) is 0.278. The molecule has 0 fully saturated rings. The molecular formula is C18H20BrNO2. The highest BCUT2D eigenvalue weighted by atomic mass is 79.9. The van der Waals surface area contributed by atoms with E-state index in [4.69, 9.17) is 4.74 Å². The Hall–Kier alpha value is -1.65. The highest BCUT2D eigenvalue weighted by molar-refractivity contribution is 9.10. The zero-order valence-electron chi connectivity index (χ0n) is 12.8. The monoisotopic (exact) mass is 361 g/mol. The summed E-state index contributed by atoms with van der Waals surface area (Å²) in [6, 6.07) is 16.0. The summed E-state index contributed by atoms with van der Waals surface area (Å²) in [6.45, 7) is 5.02. The number of hydrogen-bond acceptors (Lipinski definition) is 3. The van der Waals surface area contributed by atoms with Crippen LogP contribution >= 0.6 is 15.9 Å². The lowest BCUT2D eigenvalue weighted by Gasteiger charge is -2.15. The molecule has 3 nitrogen and oxygen atoms in total. The van der Waals surface area contributed by atoms with E-state index in [1.54, 1.807) is 6.07 Å². The Balaban J connectivity index is 1.99. The largest absolute Gasteiger partial charge is 0.462 e. The van der Waals surface area contributed by atoms with Crippen LogP contribution < -0.4 is 5.32 Å². The van der Waals surface area contributed by atoms with Gasteiger partial charge >= 0.3 is 5.97 Å². The number of esters is 1. The Bertz CT molecular complexity index is 642. The lowest BCUT2D eigenvalue weighted by molar-refractivity contribution is 0.0526. The SMILES string of the molecule is CCOC(=O)c1cccc(CNC(C)c2cccc(Br)c2)c1. The molecule has 1 unspecified atom stereocenters. The first-order chi connectivity index (χ1) is 10.6. The second-order valence-electron chi connectivity index (χ2n) is 5.08. The predicted molar refractivity (Wildman–Crippen MR) is 91.8 cm³/mol. The Kier molecular flexibility index (Phi) is 6.16. The molecule has 0 aliphatic heterocycles. The number of carbonyl (C=O) groups excluding carboxylic acids is 1. The van der Waals surface area contributed by atoms with Crippen LogP contribution in [0.2, 0.25) is 0 Å². The molecular weight excluding hydrogens is 342 g/mol. The average Bonchev–Trinajstić information content (AvgIpc) is 2.53. The highest BCUT2D eigenvalue weighted by Crippen LogP contribution is 2.18. The Morgan fingerprint density at radius 2 is 2.00 bits per heavy atom. The van der Waals surface area contributed by atoms with Crippen LogP contribution in [0, 0.1) is 0 Å². The van der Waals surface area contributed by atoms with E-state index in [2.05, 4.69) is 40.3 Å². The topological polar surface area (TPSA) is 38.3 Å². The predicted octanol–water partition coefficient (Wildman–Crippen LogP) is 4.48. The van der Waals surface area contributed by atoms with Crippen molar-refractivity contribution in [3.8, 4) is 0 Å². The van der Waals surface area contributed by atoms with Crippen LogP contribution in [0.25, 0.3) is 0 Å². The van der Waals surface area contributed by atoms with Crippen LogP contribution in [0.15, 0.2) is 53.0 Å². The third-order valence-electron chi connectivity index (χ3n) is 3.40. The minimum Gasteiger partial charge on any atom is -0.462 e. The number of nitrogens with one attached hydrogen (secondary N) is 1. The van der Waals surface area contributed by atoms with Crippen LogP contribution in [-0.4, -0.2) is 12.6 Å². The summed E-state index contributed by atoms with van der Waals surface area (Å²) in [4.78, 5) is 11.7. The van der Waals surface area contributed by atoms with Crippen LogP contribution in [0.3, 0.4) is 0 Å². The van der Waals surface area contributed by atoms with Gasteiger partial charge in [-0.2, -0.15) is 0 Å². The molecule has 22 heavy (non-hydrogen) atoms. The molecule has 0 aromatic heterocycles. The molecule has 116 valence electrons. The minimum atomic E-state index is -0.274. The normalized spacial score (nSPS) is 12.0. The molecule has 4 heteroatoms. The molecule has 2 aromatic rings. The van der Waals surface area contributed by atoms with Crippen LogP contribution in [0.5, 0.6) is 0 Å². The smallest absolute Gasteiger partial charge is 0.338 e. The second kappa shape index (κ2) is 8.11. The number of hydrogen-bond donors (Lipinski definition) is 1. The van der Waals surface area contributed by atoms with Crippen molar-refractivity contribution in [3.05, 3.63) is 69.7 Å². The summed E-state index contributed by atoms with van der Waals surface area (Å²) in [5, 5.41) is 3.47. The van der Waals surface area contributed by atoms with Crippen molar-refractivity contribution in [1.82, 2.24) is 5.32 Å². The molecule has 1 atom stereocenters. The van der Waals surface area contributed by atoms with Gasteiger partial charge in [-0.1, -0.05) is 40.2 Å². The zero-order valence-corrected chi connectivity index (χ0v) is 14.4. The summed E-state index contributed by atoms with van der Waals surface area (Å²) in [6.07, 6.45) is 0. The van der Waals surface area contributed by atoms with Crippen molar-refractivity contribution in [2.75, 3.05) is 6.61 Å². The van der Waals surface area contributed by atoms with Gasteiger partial charge in [-0.15, -0.1) is 0 Å². The van der Waals surface area contributed by atoms with Gasteiger partial charge in [-0.25, -0.2) is 4.79 Å². The van der Waals surface area contributed by atoms with E-state index in [0.717, 1.165) is 10.0 Å². The quantitative estimate of drug-likeness (QED) is 0.771. The molecule has 2 rings (SSSR count). The number of ether oxygens (including phenoxy) is 1. The van der Waals surface area contributed by atoms with Crippen molar-refractivity contribution >= 4 is 21.9 Å². The van der Waals surface area contributed by atoms with Gasteiger partial charge in [0.15, 0.2) is 0 Å². The first kappa shape index (κ1) is 16.7. The van der Waals surface area contributed by atoms with Gasteiger partial charge in [0.2, 0.25) is 0 Å². The molecule has 0 saturated carbocycles. The Morgan fingerprint density at radius 1 is 1.23 bits per heavy atom. The highest BCUT2D eigenvalue weighted by Gasteiger charge is 2.08. The minimum absolute atomic E-state index is 0.226. The summed E-state index contributed by atoms with van der Waals surface area (Å²) < 4.78 is 6.10. The van der Waals surface area contributed by atoms with E-state index >= 15 is 0 Å². The van der Waals surface area contributed by atoms with Crippen LogP contribution in [-0.2, 0) is 11.3 Å². The summed E-state index contributed by atoms with van der Waals surface area (Å²) in [5.41, 5.74) is 2.87. The molecule has 0 aliphatic rings. The van der Waals surface area contributed by atoms with Gasteiger partial charge in [0.1, 0.15) is 0 Å². The van der Waals surface area contributed by atoms with E-state index in [-0.39, 0.29) is 12.0 Å². The van der Waals surface area contributed by atoms with E-state index in [9.17, 15) is 4.79 Å². The third kappa shape index (κ3) is 4.68. The molecule has 0 heterocycles. The van der Waals surface area contributed by atoms with E-state index in [1.165, 1.54) is 5.56 Å². The molecule has 0 amide bonds. The first-order valence-electron chi connectivity index (χ1n) is 7.35. The molecule has 0 aliphatic carbocycles. The number of carbonyl (C=O) groups is 1. The lowest BCUT2D eigenvalue weighted by atomic mass is 10.1. The van der Waals surface area contributed by atoms with Crippen molar-refractivity contribution in [2.45, 2.75) is 26.4 Å². The average molecular weight is 362 g/mol. The number of benzene rings is 2. The van der Waals surface area contributed by atoms with Gasteiger partial charge in [-0.3, -0.25) is 0 Å². The fourth-order valence-electron chi connectivity index (χ4n) is 2.19. The number of rotatable bonds is 6. The molecule has 2 aromatic carbocycles. The van der Waals surface area contributed by atoms with Crippen molar-refractivity contribution in [3.63, 3.8) is 0 Å². The fourth-order valence-corrected chi connectivity index (χ4v) is 2.60. The maximum atomic E-state index is 11.7. The van der Waals surface area contributed by atoms with Crippen molar-refractivity contribution < 1.29 is 9.53 Å². The zero-order chi connectivity index (χ0) is 15.9. The van der Waals surface area contributed by atoms with Gasteiger partial charge in [0, 0.05) is 17.1 Å². The molecule has 0 bridgehead atoms.